The quantitative estimate of drug-likeness (QED) is 0.465. The minimum atomic E-state index is -0.0943. The van der Waals surface area contributed by atoms with Gasteiger partial charge in [-0.25, -0.2) is 0 Å². The molecule has 0 spiro atoms. The number of ketones is 2. The highest BCUT2D eigenvalue weighted by Crippen LogP contribution is 2.00. The van der Waals surface area contributed by atoms with Gasteiger partial charge in [0.1, 0.15) is 5.78 Å². The Hall–Kier alpha value is -0.920. The van der Waals surface area contributed by atoms with Crippen LogP contribution in [-0.4, -0.2) is 11.6 Å². The molecule has 2 nitrogen and oxygen atoms in total. The van der Waals surface area contributed by atoms with Crippen LogP contribution >= 0.6 is 0 Å². The Kier molecular flexibility index (Phi) is 5.26. The number of hydrogen-bond donors (Lipinski definition) is 0. The van der Waals surface area contributed by atoms with E-state index in [1.165, 1.54) is 13.0 Å². The average Bonchev–Trinajstić information content (AvgIpc) is 1.84. The van der Waals surface area contributed by atoms with Gasteiger partial charge in [0.15, 0.2) is 5.78 Å². The molecule has 0 radical (unpaired) electrons. The van der Waals surface area contributed by atoms with Crippen molar-refractivity contribution in [2.45, 2.75) is 33.6 Å². The topological polar surface area (TPSA) is 34.1 Å². The molecule has 2 heteroatoms. The van der Waals surface area contributed by atoms with Gasteiger partial charge in [0.25, 0.3) is 0 Å². The molecule has 12 heavy (non-hydrogen) atoms. The molecule has 0 aliphatic heterocycles. The first-order chi connectivity index (χ1) is 5.52. The number of hydrogen-bond acceptors (Lipinski definition) is 2. The first-order valence-electron chi connectivity index (χ1n) is 4.21. The fraction of sp³-hybridized carbons (Fsp3) is 0.600. The van der Waals surface area contributed by atoms with Crippen LogP contribution in [0.3, 0.4) is 0 Å². The van der Waals surface area contributed by atoms with Crippen molar-refractivity contribution >= 4 is 11.6 Å². The summed E-state index contributed by atoms with van der Waals surface area (Å²) in [7, 11) is 0. The van der Waals surface area contributed by atoms with E-state index in [1.807, 2.05) is 6.08 Å². The monoisotopic (exact) mass is 168 g/mol. The first-order valence-corrected chi connectivity index (χ1v) is 4.21. The molecule has 0 amide bonds. The minimum Gasteiger partial charge on any atom is -0.300 e. The molecule has 0 aromatic carbocycles. The van der Waals surface area contributed by atoms with Gasteiger partial charge in [0.2, 0.25) is 0 Å². The van der Waals surface area contributed by atoms with E-state index in [0.717, 1.165) is 6.42 Å². The largest absolute Gasteiger partial charge is 0.300 e. The van der Waals surface area contributed by atoms with Gasteiger partial charge in [-0.1, -0.05) is 19.9 Å². The lowest BCUT2D eigenvalue weighted by Crippen LogP contribution is -2.00. The molecule has 0 aromatic rings. The summed E-state index contributed by atoms with van der Waals surface area (Å²) >= 11 is 0. The van der Waals surface area contributed by atoms with Gasteiger partial charge in [-0.15, -0.1) is 0 Å². The molecule has 0 aliphatic rings. The molecule has 68 valence electrons. The second-order valence-corrected chi connectivity index (χ2v) is 3.38. The van der Waals surface area contributed by atoms with Gasteiger partial charge < -0.3 is 0 Å². The van der Waals surface area contributed by atoms with E-state index in [1.54, 1.807) is 0 Å². The average molecular weight is 168 g/mol. The van der Waals surface area contributed by atoms with Crippen molar-refractivity contribution in [2.75, 3.05) is 0 Å². The lowest BCUT2D eigenvalue weighted by atomic mass is 10.1. The molecule has 0 aliphatic carbocycles. The molecular weight excluding hydrogens is 152 g/mol. The van der Waals surface area contributed by atoms with Crippen molar-refractivity contribution < 1.29 is 9.59 Å². The van der Waals surface area contributed by atoms with Crippen LogP contribution in [0.5, 0.6) is 0 Å². The van der Waals surface area contributed by atoms with E-state index >= 15 is 0 Å². The van der Waals surface area contributed by atoms with Crippen LogP contribution in [0.15, 0.2) is 12.2 Å². The highest BCUT2D eigenvalue weighted by Gasteiger charge is 1.99. The van der Waals surface area contributed by atoms with Crippen LogP contribution in [0.2, 0.25) is 0 Å². The lowest BCUT2D eigenvalue weighted by molar-refractivity contribution is -0.123. The summed E-state index contributed by atoms with van der Waals surface area (Å²) in [5.74, 6) is 0.392. The maximum atomic E-state index is 10.9. The maximum absolute atomic E-state index is 10.9. The maximum Gasteiger partial charge on any atom is 0.162 e. The fourth-order valence-electron chi connectivity index (χ4n) is 0.776. The third kappa shape index (κ3) is 7.19. The predicted octanol–water partition coefficient (Wildman–Crippen LogP) is 2.14. The summed E-state index contributed by atoms with van der Waals surface area (Å²) < 4.78 is 0. The van der Waals surface area contributed by atoms with Gasteiger partial charge >= 0.3 is 0 Å². The molecule has 0 saturated heterocycles. The van der Waals surface area contributed by atoms with E-state index in [-0.39, 0.29) is 18.0 Å². The highest BCUT2D eigenvalue weighted by molar-refractivity contribution is 6.03. The van der Waals surface area contributed by atoms with Gasteiger partial charge in [-0.3, -0.25) is 9.59 Å². The first kappa shape index (κ1) is 11.1. The second kappa shape index (κ2) is 5.70. The Labute approximate surface area is 73.7 Å². The van der Waals surface area contributed by atoms with E-state index in [0.29, 0.717) is 5.92 Å². The van der Waals surface area contributed by atoms with Crippen molar-refractivity contribution in [3.8, 4) is 0 Å². The van der Waals surface area contributed by atoms with Crippen molar-refractivity contribution in [1.82, 2.24) is 0 Å². The van der Waals surface area contributed by atoms with Crippen LogP contribution < -0.4 is 0 Å². The third-order valence-corrected chi connectivity index (χ3v) is 1.33. The Morgan fingerprint density at radius 2 is 1.92 bits per heavy atom. The van der Waals surface area contributed by atoms with Crippen LogP contribution in [0.4, 0.5) is 0 Å². The van der Waals surface area contributed by atoms with Gasteiger partial charge in [0.05, 0.1) is 6.42 Å². The SMILES string of the molecule is CC(=O)CC(=O)C=CCC(C)C. The van der Waals surface area contributed by atoms with E-state index < -0.39 is 0 Å². The third-order valence-electron chi connectivity index (χ3n) is 1.33. The zero-order valence-corrected chi connectivity index (χ0v) is 7.96. The van der Waals surface area contributed by atoms with Gasteiger partial charge in [0, 0.05) is 0 Å². The van der Waals surface area contributed by atoms with Crippen molar-refractivity contribution in [1.29, 1.82) is 0 Å². The van der Waals surface area contributed by atoms with E-state index in [9.17, 15) is 9.59 Å². The van der Waals surface area contributed by atoms with Crippen LogP contribution in [-0.2, 0) is 9.59 Å². The number of allylic oxidation sites excluding steroid dienone is 2. The second-order valence-electron chi connectivity index (χ2n) is 3.38. The molecule has 0 atom stereocenters. The van der Waals surface area contributed by atoms with Crippen LogP contribution in [0.25, 0.3) is 0 Å². The molecule has 0 saturated carbocycles. The molecule has 0 bridgehead atoms. The number of Topliss-reactive ketones (excluding diaryl/α,β-unsaturated/α-hetero) is 1. The number of rotatable bonds is 5. The fourth-order valence-corrected chi connectivity index (χ4v) is 0.776. The molecule has 0 rings (SSSR count). The summed E-state index contributed by atoms with van der Waals surface area (Å²) in [6.45, 7) is 5.59. The van der Waals surface area contributed by atoms with Crippen molar-refractivity contribution in [3.05, 3.63) is 12.2 Å². The summed E-state index contributed by atoms with van der Waals surface area (Å²) in [6.07, 6.45) is 4.26. The number of carbonyl (C=O) groups is 2. The van der Waals surface area contributed by atoms with Crippen LogP contribution in [0.1, 0.15) is 33.6 Å². The van der Waals surface area contributed by atoms with Crippen molar-refractivity contribution in [3.63, 3.8) is 0 Å². The lowest BCUT2D eigenvalue weighted by Gasteiger charge is -1.95. The molecule has 0 N–H and O–H groups in total. The molecule has 0 heterocycles. The van der Waals surface area contributed by atoms with Crippen molar-refractivity contribution in [2.24, 2.45) is 5.92 Å². The van der Waals surface area contributed by atoms with Crippen LogP contribution in [0, 0.1) is 5.92 Å². The van der Waals surface area contributed by atoms with Gasteiger partial charge in [-0.05, 0) is 25.3 Å². The molecular formula is C10H16O2. The smallest absolute Gasteiger partial charge is 0.162 e. The Morgan fingerprint density at radius 3 is 2.33 bits per heavy atom. The zero-order chi connectivity index (χ0) is 9.56. The standard InChI is InChI=1S/C10H16O2/c1-8(2)5-4-6-10(12)7-9(3)11/h4,6,8H,5,7H2,1-3H3. The Balaban J connectivity index is 3.68. The molecule has 0 unspecified atom stereocenters. The normalized spacial score (nSPS) is 11.0. The van der Waals surface area contributed by atoms with Gasteiger partial charge in [-0.2, -0.15) is 0 Å². The highest BCUT2D eigenvalue weighted by atomic mass is 16.1. The summed E-state index contributed by atoms with van der Waals surface area (Å²) in [5, 5.41) is 0. The summed E-state index contributed by atoms with van der Waals surface area (Å²) in [4.78, 5) is 21.4. The Bertz CT molecular complexity index is 190. The zero-order valence-electron chi connectivity index (χ0n) is 7.96. The molecule has 0 aromatic heterocycles. The van der Waals surface area contributed by atoms with E-state index in [4.69, 9.17) is 0 Å². The van der Waals surface area contributed by atoms with E-state index in [2.05, 4.69) is 13.8 Å². The number of carbonyl (C=O) groups excluding carboxylic acids is 2. The molecule has 0 fully saturated rings. The minimum absolute atomic E-state index is 0.0363. The summed E-state index contributed by atoms with van der Waals surface area (Å²) in [6, 6.07) is 0. The Morgan fingerprint density at radius 1 is 1.33 bits per heavy atom. The predicted molar refractivity (Wildman–Crippen MR) is 48.9 cm³/mol. The summed E-state index contributed by atoms with van der Waals surface area (Å²) in [5.41, 5.74) is 0.